The van der Waals surface area contributed by atoms with Crippen molar-refractivity contribution in [2.45, 2.75) is 26.7 Å². The van der Waals surface area contributed by atoms with Crippen LogP contribution in [0.1, 0.15) is 23.1 Å². The topological polar surface area (TPSA) is 30.5 Å². The second-order valence-corrected chi connectivity index (χ2v) is 4.23. The van der Waals surface area contributed by atoms with Gasteiger partial charge in [0.1, 0.15) is 11.5 Å². The Hall–Kier alpha value is -1.22. The molecule has 0 spiro atoms. The number of hydrogen-bond donors (Lipinski definition) is 1. The highest BCUT2D eigenvalue weighted by Gasteiger charge is 2.13. The fraction of sp³-hybridized carbons (Fsp3) is 0.571. The van der Waals surface area contributed by atoms with E-state index < -0.39 is 0 Å². The van der Waals surface area contributed by atoms with Gasteiger partial charge in [0.15, 0.2) is 0 Å². The fourth-order valence-electron chi connectivity index (χ4n) is 2.07. The quantitative estimate of drug-likeness (QED) is 0.771. The molecule has 0 bridgehead atoms. The summed E-state index contributed by atoms with van der Waals surface area (Å²) in [5.41, 5.74) is 3.55. The van der Waals surface area contributed by atoms with Gasteiger partial charge in [0.05, 0.1) is 14.2 Å². The van der Waals surface area contributed by atoms with Gasteiger partial charge >= 0.3 is 0 Å². The van der Waals surface area contributed by atoms with Gasteiger partial charge in [-0.1, -0.05) is 0 Å². The fourth-order valence-corrected chi connectivity index (χ4v) is 2.07. The first-order chi connectivity index (χ1) is 8.15. The average molecular weight is 237 g/mol. The Kier molecular flexibility index (Phi) is 5.29. The molecule has 17 heavy (non-hydrogen) atoms. The number of hydrogen-bond acceptors (Lipinski definition) is 3. The summed E-state index contributed by atoms with van der Waals surface area (Å²) in [6.07, 6.45) is 2.10. The maximum absolute atomic E-state index is 5.51. The van der Waals surface area contributed by atoms with Crippen LogP contribution in [-0.2, 0) is 6.42 Å². The van der Waals surface area contributed by atoms with Gasteiger partial charge in [-0.3, -0.25) is 0 Å². The zero-order chi connectivity index (χ0) is 12.8. The van der Waals surface area contributed by atoms with E-state index in [0.29, 0.717) is 0 Å². The molecule has 1 aromatic rings. The molecular weight excluding hydrogens is 214 g/mol. The summed E-state index contributed by atoms with van der Waals surface area (Å²) in [6.45, 7) is 5.16. The van der Waals surface area contributed by atoms with Gasteiger partial charge in [-0.05, 0) is 63.0 Å². The molecule has 0 atom stereocenters. The summed E-state index contributed by atoms with van der Waals surface area (Å²) in [6, 6.07) is 2.09. The molecular formula is C14H23NO2. The summed E-state index contributed by atoms with van der Waals surface area (Å²) in [5, 5.41) is 3.16. The van der Waals surface area contributed by atoms with Crippen molar-refractivity contribution in [1.29, 1.82) is 0 Å². The van der Waals surface area contributed by atoms with Gasteiger partial charge < -0.3 is 14.8 Å². The molecule has 0 amide bonds. The number of ether oxygens (including phenoxy) is 2. The predicted molar refractivity (Wildman–Crippen MR) is 71.3 cm³/mol. The second kappa shape index (κ2) is 6.50. The highest BCUT2D eigenvalue weighted by atomic mass is 16.5. The van der Waals surface area contributed by atoms with Crippen molar-refractivity contribution in [1.82, 2.24) is 5.32 Å². The van der Waals surface area contributed by atoms with Crippen LogP contribution < -0.4 is 14.8 Å². The molecule has 1 N–H and O–H groups in total. The van der Waals surface area contributed by atoms with Gasteiger partial charge in [-0.2, -0.15) is 0 Å². The van der Waals surface area contributed by atoms with E-state index in [9.17, 15) is 0 Å². The van der Waals surface area contributed by atoms with E-state index in [4.69, 9.17) is 9.47 Å². The lowest BCUT2D eigenvalue weighted by Crippen LogP contribution is -2.09. The first-order valence-electron chi connectivity index (χ1n) is 6.01. The van der Waals surface area contributed by atoms with Crippen molar-refractivity contribution in [2.24, 2.45) is 0 Å². The molecule has 0 aliphatic carbocycles. The molecule has 0 aliphatic rings. The molecule has 3 heteroatoms. The van der Waals surface area contributed by atoms with Crippen LogP contribution in [0.5, 0.6) is 11.5 Å². The van der Waals surface area contributed by atoms with E-state index in [1.54, 1.807) is 14.2 Å². The molecule has 0 fully saturated rings. The Balaban J connectivity index is 3.04. The van der Waals surface area contributed by atoms with Crippen molar-refractivity contribution < 1.29 is 9.47 Å². The number of methoxy groups -OCH3 is 2. The van der Waals surface area contributed by atoms with E-state index in [2.05, 4.69) is 25.2 Å². The molecule has 3 nitrogen and oxygen atoms in total. The maximum atomic E-state index is 5.51. The Bertz CT molecular complexity index is 375. The third kappa shape index (κ3) is 3.13. The minimum atomic E-state index is 0.947. The van der Waals surface area contributed by atoms with Crippen molar-refractivity contribution >= 4 is 0 Å². The highest BCUT2D eigenvalue weighted by molar-refractivity contribution is 5.52. The van der Waals surface area contributed by atoms with E-state index in [1.165, 1.54) is 11.1 Å². The van der Waals surface area contributed by atoms with Crippen molar-refractivity contribution in [3.05, 3.63) is 22.8 Å². The second-order valence-electron chi connectivity index (χ2n) is 4.23. The van der Waals surface area contributed by atoms with Crippen LogP contribution in [0.15, 0.2) is 6.07 Å². The van der Waals surface area contributed by atoms with Gasteiger partial charge in [0.2, 0.25) is 0 Å². The van der Waals surface area contributed by atoms with Crippen LogP contribution in [0.3, 0.4) is 0 Å². The Morgan fingerprint density at radius 2 is 1.82 bits per heavy atom. The summed E-state index contributed by atoms with van der Waals surface area (Å²) >= 11 is 0. The Morgan fingerprint density at radius 1 is 1.12 bits per heavy atom. The number of aryl methyl sites for hydroxylation is 1. The number of rotatable bonds is 6. The van der Waals surface area contributed by atoms with Gasteiger partial charge in [-0.15, -0.1) is 0 Å². The van der Waals surface area contributed by atoms with Crippen LogP contribution in [0, 0.1) is 13.8 Å². The largest absolute Gasteiger partial charge is 0.496 e. The van der Waals surface area contributed by atoms with Crippen molar-refractivity contribution in [3.63, 3.8) is 0 Å². The number of benzene rings is 1. The van der Waals surface area contributed by atoms with Gasteiger partial charge in [0, 0.05) is 0 Å². The monoisotopic (exact) mass is 237 g/mol. The average Bonchev–Trinajstić information content (AvgIpc) is 2.34. The Labute approximate surface area is 104 Å². The maximum Gasteiger partial charge on any atom is 0.125 e. The van der Waals surface area contributed by atoms with E-state index in [0.717, 1.165) is 36.4 Å². The van der Waals surface area contributed by atoms with Gasteiger partial charge in [0.25, 0.3) is 0 Å². The summed E-state index contributed by atoms with van der Waals surface area (Å²) in [7, 11) is 5.42. The summed E-state index contributed by atoms with van der Waals surface area (Å²) < 4.78 is 10.9. The van der Waals surface area contributed by atoms with E-state index in [1.807, 2.05) is 7.05 Å². The molecule has 0 radical (unpaired) electrons. The van der Waals surface area contributed by atoms with Crippen LogP contribution in [0.2, 0.25) is 0 Å². The molecule has 0 aliphatic heterocycles. The molecule has 96 valence electrons. The van der Waals surface area contributed by atoms with E-state index >= 15 is 0 Å². The first-order valence-corrected chi connectivity index (χ1v) is 6.01. The van der Waals surface area contributed by atoms with E-state index in [-0.39, 0.29) is 0 Å². The van der Waals surface area contributed by atoms with Crippen molar-refractivity contribution in [3.8, 4) is 11.5 Å². The lowest BCUT2D eigenvalue weighted by molar-refractivity contribution is 0.393. The zero-order valence-corrected chi connectivity index (χ0v) is 11.5. The smallest absolute Gasteiger partial charge is 0.125 e. The van der Waals surface area contributed by atoms with Gasteiger partial charge in [-0.25, -0.2) is 0 Å². The third-order valence-electron chi connectivity index (χ3n) is 3.17. The molecule has 0 saturated carbocycles. The van der Waals surface area contributed by atoms with Crippen LogP contribution in [-0.4, -0.2) is 27.8 Å². The first kappa shape index (κ1) is 13.8. The normalized spacial score (nSPS) is 10.4. The van der Waals surface area contributed by atoms with Crippen molar-refractivity contribution in [2.75, 3.05) is 27.8 Å². The summed E-state index contributed by atoms with van der Waals surface area (Å²) in [4.78, 5) is 0. The van der Waals surface area contributed by atoms with Crippen LogP contribution >= 0.6 is 0 Å². The SMILES string of the molecule is CNCCCc1cc(OC)c(C)c(C)c1OC. The predicted octanol–water partition coefficient (Wildman–Crippen LogP) is 2.47. The van der Waals surface area contributed by atoms with Crippen LogP contribution in [0.4, 0.5) is 0 Å². The molecule has 1 rings (SSSR count). The number of nitrogens with one attached hydrogen (secondary N) is 1. The van der Waals surface area contributed by atoms with Crippen LogP contribution in [0.25, 0.3) is 0 Å². The standard InChI is InChI=1S/C14H23NO2/c1-10-11(2)14(17-5)12(7-6-8-15-3)9-13(10)16-4/h9,15H,6-8H2,1-5H3. The minimum Gasteiger partial charge on any atom is -0.496 e. The molecule has 1 aromatic carbocycles. The third-order valence-corrected chi connectivity index (χ3v) is 3.17. The molecule has 0 unspecified atom stereocenters. The highest BCUT2D eigenvalue weighted by Crippen LogP contribution is 2.33. The minimum absolute atomic E-state index is 0.947. The zero-order valence-electron chi connectivity index (χ0n) is 11.5. The molecule has 0 saturated heterocycles. The molecule has 0 heterocycles. The molecule has 0 aromatic heterocycles. The summed E-state index contributed by atoms with van der Waals surface area (Å²) in [5.74, 6) is 1.95. The lowest BCUT2D eigenvalue weighted by atomic mass is 10.00. The Morgan fingerprint density at radius 3 is 2.35 bits per heavy atom. The lowest BCUT2D eigenvalue weighted by Gasteiger charge is -2.16.